The molecule has 0 aromatic heterocycles. The van der Waals surface area contributed by atoms with Crippen molar-refractivity contribution in [3.05, 3.63) is 59.1 Å². The van der Waals surface area contributed by atoms with Gasteiger partial charge >= 0.3 is 11.9 Å². The van der Waals surface area contributed by atoms with Crippen molar-refractivity contribution in [2.45, 2.75) is 4.90 Å². The quantitative estimate of drug-likeness (QED) is 0.695. The van der Waals surface area contributed by atoms with Crippen LogP contribution in [-0.2, 0) is 24.3 Å². The molecule has 138 valence electrons. The fraction of sp³-hybridized carbons (Fsp3) is 0.176. The zero-order valence-electron chi connectivity index (χ0n) is 14.0. The van der Waals surface area contributed by atoms with Gasteiger partial charge in [0.1, 0.15) is 6.54 Å². The molecule has 2 aromatic rings. The first-order valence-electron chi connectivity index (χ1n) is 7.33. The van der Waals surface area contributed by atoms with Crippen molar-refractivity contribution in [1.29, 1.82) is 0 Å². The molecule has 0 atom stereocenters. The average Bonchev–Trinajstić information content (AvgIpc) is 2.66. The lowest BCUT2D eigenvalue weighted by Gasteiger charge is -2.24. The van der Waals surface area contributed by atoms with E-state index in [0.717, 1.165) is 11.4 Å². The Morgan fingerprint density at radius 1 is 1.04 bits per heavy atom. The summed E-state index contributed by atoms with van der Waals surface area (Å²) in [4.78, 5) is 23.6. The van der Waals surface area contributed by atoms with Crippen LogP contribution in [0.4, 0.5) is 5.69 Å². The molecular weight excluding hydrogens is 382 g/mol. The molecule has 0 aliphatic rings. The molecule has 0 aliphatic carbocycles. The van der Waals surface area contributed by atoms with Crippen molar-refractivity contribution >= 4 is 39.3 Å². The summed E-state index contributed by atoms with van der Waals surface area (Å²) in [5.41, 5.74) is 0.0499. The SMILES string of the molecule is COC(=O)CN(c1ccc(Cl)c(C(=O)OC)c1)S(=O)(=O)c1ccccc1. The van der Waals surface area contributed by atoms with Crippen molar-refractivity contribution in [2.75, 3.05) is 25.1 Å². The van der Waals surface area contributed by atoms with Crippen LogP contribution >= 0.6 is 11.6 Å². The average molecular weight is 398 g/mol. The van der Waals surface area contributed by atoms with Gasteiger partial charge in [0.2, 0.25) is 0 Å². The second-order valence-electron chi connectivity index (χ2n) is 5.06. The molecule has 0 saturated heterocycles. The molecule has 0 saturated carbocycles. The molecule has 0 unspecified atom stereocenters. The summed E-state index contributed by atoms with van der Waals surface area (Å²) >= 11 is 5.98. The van der Waals surface area contributed by atoms with Crippen molar-refractivity contribution in [3.8, 4) is 0 Å². The number of hydrogen-bond donors (Lipinski definition) is 0. The first kappa shape index (κ1) is 19.7. The smallest absolute Gasteiger partial charge is 0.339 e. The number of benzene rings is 2. The van der Waals surface area contributed by atoms with Crippen LogP contribution in [0.3, 0.4) is 0 Å². The number of ether oxygens (including phenoxy) is 2. The molecule has 2 aromatic carbocycles. The predicted molar refractivity (Wildman–Crippen MR) is 95.8 cm³/mol. The lowest BCUT2D eigenvalue weighted by atomic mass is 10.2. The molecule has 0 radical (unpaired) electrons. The monoisotopic (exact) mass is 397 g/mol. The minimum absolute atomic E-state index is 0.0153. The Balaban J connectivity index is 2.59. The normalized spacial score (nSPS) is 10.9. The van der Waals surface area contributed by atoms with Crippen LogP contribution in [0.15, 0.2) is 53.4 Å². The van der Waals surface area contributed by atoms with Gasteiger partial charge in [0.05, 0.1) is 35.4 Å². The molecule has 2 rings (SSSR count). The molecule has 0 fully saturated rings. The number of esters is 2. The van der Waals surface area contributed by atoms with Crippen molar-refractivity contribution < 1.29 is 27.5 Å². The van der Waals surface area contributed by atoms with Gasteiger partial charge in [-0.1, -0.05) is 29.8 Å². The summed E-state index contributed by atoms with van der Waals surface area (Å²) in [7, 11) is -1.75. The zero-order valence-corrected chi connectivity index (χ0v) is 15.6. The topological polar surface area (TPSA) is 90.0 Å². The lowest BCUT2D eigenvalue weighted by Crippen LogP contribution is -2.36. The number of carbonyl (C=O) groups is 2. The highest BCUT2D eigenvalue weighted by Crippen LogP contribution is 2.28. The van der Waals surface area contributed by atoms with Gasteiger partial charge < -0.3 is 9.47 Å². The van der Waals surface area contributed by atoms with Gasteiger partial charge in [0.25, 0.3) is 10.0 Å². The summed E-state index contributed by atoms with van der Waals surface area (Å²) in [5, 5.41) is 0.0933. The standard InChI is InChI=1S/C17H16ClNO6S/c1-24-16(20)11-19(26(22,23)13-6-4-3-5-7-13)12-8-9-15(18)14(10-12)17(21)25-2/h3-10H,11H2,1-2H3. The molecule has 0 bridgehead atoms. The van der Waals surface area contributed by atoms with E-state index in [1.165, 1.54) is 37.4 Å². The largest absolute Gasteiger partial charge is 0.468 e. The van der Waals surface area contributed by atoms with Crippen LogP contribution < -0.4 is 4.31 Å². The van der Waals surface area contributed by atoms with Gasteiger partial charge in [-0.25, -0.2) is 13.2 Å². The third-order valence-electron chi connectivity index (χ3n) is 3.47. The number of sulfonamides is 1. The highest BCUT2D eigenvalue weighted by molar-refractivity contribution is 7.92. The number of methoxy groups -OCH3 is 2. The second-order valence-corrected chi connectivity index (χ2v) is 7.33. The van der Waals surface area contributed by atoms with E-state index in [1.807, 2.05) is 0 Å². The molecular formula is C17H16ClNO6S. The zero-order chi connectivity index (χ0) is 19.3. The summed E-state index contributed by atoms with van der Waals surface area (Å²) < 4.78 is 36.1. The van der Waals surface area contributed by atoms with Crippen LogP contribution in [0.25, 0.3) is 0 Å². The van der Waals surface area contributed by atoms with Crippen LogP contribution in [0.2, 0.25) is 5.02 Å². The number of rotatable bonds is 6. The molecule has 0 amide bonds. The molecule has 26 heavy (non-hydrogen) atoms. The van der Waals surface area contributed by atoms with E-state index in [9.17, 15) is 18.0 Å². The van der Waals surface area contributed by atoms with Gasteiger partial charge in [-0.3, -0.25) is 9.10 Å². The second kappa shape index (κ2) is 8.20. The summed E-state index contributed by atoms with van der Waals surface area (Å²) in [6.07, 6.45) is 0. The fourth-order valence-corrected chi connectivity index (χ4v) is 3.77. The third kappa shape index (κ3) is 4.14. The Morgan fingerprint density at radius 3 is 2.27 bits per heavy atom. The summed E-state index contributed by atoms with van der Waals surface area (Å²) in [6, 6.07) is 11.6. The van der Waals surface area contributed by atoms with Crippen molar-refractivity contribution in [1.82, 2.24) is 0 Å². The number of carbonyl (C=O) groups excluding carboxylic acids is 2. The van der Waals surface area contributed by atoms with Crippen molar-refractivity contribution in [3.63, 3.8) is 0 Å². The molecule has 0 aliphatic heterocycles. The Morgan fingerprint density at radius 2 is 1.69 bits per heavy atom. The molecule has 0 spiro atoms. The Kier molecular flexibility index (Phi) is 6.23. The van der Waals surface area contributed by atoms with Crippen molar-refractivity contribution in [2.24, 2.45) is 0 Å². The maximum Gasteiger partial charge on any atom is 0.339 e. The van der Waals surface area contributed by atoms with Crippen LogP contribution in [0, 0.1) is 0 Å². The van der Waals surface area contributed by atoms with E-state index in [-0.39, 0.29) is 21.2 Å². The maximum atomic E-state index is 13.0. The van der Waals surface area contributed by atoms with Crippen LogP contribution in [0.5, 0.6) is 0 Å². The minimum atomic E-state index is -4.08. The van der Waals surface area contributed by atoms with Gasteiger partial charge in [0.15, 0.2) is 0 Å². The number of nitrogens with zero attached hydrogens (tertiary/aromatic N) is 1. The number of hydrogen-bond acceptors (Lipinski definition) is 6. The minimum Gasteiger partial charge on any atom is -0.468 e. The summed E-state index contributed by atoms with van der Waals surface area (Å²) in [6.45, 7) is -0.573. The van der Waals surface area contributed by atoms with E-state index in [4.69, 9.17) is 11.6 Å². The predicted octanol–water partition coefficient (Wildman–Crippen LogP) is 2.49. The highest BCUT2D eigenvalue weighted by Gasteiger charge is 2.28. The van der Waals surface area contributed by atoms with E-state index in [2.05, 4.69) is 9.47 Å². The van der Waals surface area contributed by atoms with Gasteiger partial charge in [0, 0.05) is 0 Å². The van der Waals surface area contributed by atoms with Gasteiger partial charge in [-0.05, 0) is 30.3 Å². The van der Waals surface area contributed by atoms with Crippen LogP contribution in [0.1, 0.15) is 10.4 Å². The van der Waals surface area contributed by atoms with E-state index in [1.54, 1.807) is 18.2 Å². The maximum absolute atomic E-state index is 13.0. The molecule has 0 N–H and O–H groups in total. The first-order valence-corrected chi connectivity index (χ1v) is 9.15. The third-order valence-corrected chi connectivity index (χ3v) is 5.59. The van der Waals surface area contributed by atoms with Gasteiger partial charge in [-0.15, -0.1) is 0 Å². The molecule has 0 heterocycles. The van der Waals surface area contributed by atoms with E-state index < -0.39 is 28.5 Å². The molecule has 9 heteroatoms. The Hall–Kier alpha value is -2.58. The molecule has 7 nitrogen and oxygen atoms in total. The van der Waals surface area contributed by atoms with E-state index >= 15 is 0 Å². The Labute approximate surface area is 156 Å². The number of anilines is 1. The first-order chi connectivity index (χ1) is 12.3. The number of halogens is 1. The van der Waals surface area contributed by atoms with Gasteiger partial charge in [-0.2, -0.15) is 0 Å². The van der Waals surface area contributed by atoms with Crippen LogP contribution in [-0.4, -0.2) is 41.1 Å². The lowest BCUT2D eigenvalue weighted by molar-refractivity contribution is -0.138. The summed E-state index contributed by atoms with van der Waals surface area (Å²) in [5.74, 6) is -1.49. The fourth-order valence-electron chi connectivity index (χ4n) is 2.15. The van der Waals surface area contributed by atoms with E-state index in [0.29, 0.717) is 0 Å². The Bertz CT molecular complexity index is 914. The highest BCUT2D eigenvalue weighted by atomic mass is 35.5.